The third-order valence-corrected chi connectivity index (χ3v) is 5.78. The van der Waals surface area contributed by atoms with Crippen molar-refractivity contribution in [3.63, 3.8) is 0 Å². The van der Waals surface area contributed by atoms with Crippen LogP contribution in [0.25, 0.3) is 0 Å². The number of amides is 1. The third-order valence-electron chi connectivity index (χ3n) is 4.94. The Bertz CT molecular complexity index is 561. The van der Waals surface area contributed by atoms with Gasteiger partial charge in [-0.15, -0.1) is 11.3 Å². The van der Waals surface area contributed by atoms with Gasteiger partial charge in [0.15, 0.2) is 0 Å². The number of nitrogens with one attached hydrogen (secondary N) is 1. The lowest BCUT2D eigenvalue weighted by atomic mass is 10.0. The zero-order chi connectivity index (χ0) is 15.0. The number of thiophene rings is 1. The van der Waals surface area contributed by atoms with E-state index < -0.39 is 0 Å². The highest BCUT2D eigenvalue weighted by Gasteiger charge is 2.64. The molecule has 1 aromatic heterocycles. The van der Waals surface area contributed by atoms with Crippen molar-refractivity contribution in [3.8, 4) is 11.8 Å². The van der Waals surface area contributed by atoms with Crippen LogP contribution in [-0.2, 0) is 0 Å². The fourth-order valence-electron chi connectivity index (χ4n) is 2.79. The van der Waals surface area contributed by atoms with E-state index in [9.17, 15) is 4.79 Å². The smallest absolute Gasteiger partial charge is 0.252 e. The largest absolute Gasteiger partial charge is 0.384 e. The molecule has 1 fully saturated rings. The Kier molecular flexibility index (Phi) is 3.95. The molecule has 20 heavy (non-hydrogen) atoms. The highest BCUT2D eigenvalue weighted by molar-refractivity contribution is 7.10. The van der Waals surface area contributed by atoms with E-state index in [1.807, 2.05) is 0 Å². The summed E-state index contributed by atoms with van der Waals surface area (Å²) in [6.07, 6.45) is 0. The first-order valence-corrected chi connectivity index (χ1v) is 7.65. The van der Waals surface area contributed by atoms with Crippen LogP contribution in [0.2, 0.25) is 0 Å². The number of carbonyl (C=O) groups excluding carboxylic acids is 1. The lowest BCUT2D eigenvalue weighted by Gasteiger charge is -2.04. The molecule has 1 aliphatic rings. The molecule has 108 valence electrons. The predicted molar refractivity (Wildman–Crippen MR) is 81.7 cm³/mol. The van der Waals surface area contributed by atoms with Crippen molar-refractivity contribution in [2.24, 2.45) is 16.7 Å². The van der Waals surface area contributed by atoms with Gasteiger partial charge in [0, 0.05) is 11.9 Å². The average molecular weight is 291 g/mol. The molecule has 1 aromatic rings. The molecule has 1 heterocycles. The van der Waals surface area contributed by atoms with E-state index in [1.165, 1.54) is 11.3 Å². The molecule has 1 saturated carbocycles. The molecule has 1 amide bonds. The van der Waals surface area contributed by atoms with E-state index >= 15 is 0 Å². The van der Waals surface area contributed by atoms with Crippen LogP contribution in [0.1, 0.15) is 42.9 Å². The van der Waals surface area contributed by atoms with Gasteiger partial charge in [0.25, 0.3) is 5.91 Å². The van der Waals surface area contributed by atoms with Gasteiger partial charge in [0.1, 0.15) is 6.61 Å². The minimum atomic E-state index is -0.161. The quantitative estimate of drug-likeness (QED) is 0.841. The Labute approximate surface area is 124 Å². The molecular formula is C16H21NO2S. The second-order valence-corrected chi connectivity index (χ2v) is 7.28. The Balaban J connectivity index is 1.92. The molecule has 2 rings (SSSR count). The summed E-state index contributed by atoms with van der Waals surface area (Å²) in [5.41, 5.74) is 1.22. The minimum Gasteiger partial charge on any atom is -0.384 e. The Morgan fingerprint density at radius 3 is 2.60 bits per heavy atom. The zero-order valence-corrected chi connectivity index (χ0v) is 13.2. The predicted octanol–water partition coefficient (Wildman–Crippen LogP) is 2.50. The summed E-state index contributed by atoms with van der Waals surface area (Å²) < 4.78 is 0. The summed E-state index contributed by atoms with van der Waals surface area (Å²) in [6, 6.07) is 1.77. The van der Waals surface area contributed by atoms with E-state index in [-0.39, 0.29) is 23.3 Å². The van der Waals surface area contributed by atoms with Gasteiger partial charge < -0.3 is 10.4 Å². The van der Waals surface area contributed by atoms with Gasteiger partial charge in [0.05, 0.1) is 10.4 Å². The molecule has 0 unspecified atom stereocenters. The van der Waals surface area contributed by atoms with E-state index in [1.54, 1.807) is 11.4 Å². The molecule has 0 saturated heterocycles. The maximum atomic E-state index is 12.1. The molecule has 0 spiro atoms. The van der Waals surface area contributed by atoms with Crippen LogP contribution in [-0.4, -0.2) is 24.2 Å². The average Bonchev–Trinajstić information content (AvgIpc) is 2.76. The molecule has 3 nitrogen and oxygen atoms in total. The molecule has 0 aromatic carbocycles. The second kappa shape index (κ2) is 5.23. The molecular weight excluding hydrogens is 270 g/mol. The van der Waals surface area contributed by atoms with E-state index in [0.717, 1.165) is 4.88 Å². The Hall–Kier alpha value is -1.31. The van der Waals surface area contributed by atoms with Crippen molar-refractivity contribution in [3.05, 3.63) is 21.9 Å². The molecule has 0 aliphatic heterocycles. The number of aliphatic hydroxyl groups is 1. The molecule has 0 atom stereocenters. The summed E-state index contributed by atoms with van der Waals surface area (Å²) in [4.78, 5) is 12.9. The van der Waals surface area contributed by atoms with E-state index in [2.05, 4.69) is 44.9 Å². The van der Waals surface area contributed by atoms with Crippen LogP contribution in [0.4, 0.5) is 0 Å². The minimum absolute atomic E-state index is 0.0446. The topological polar surface area (TPSA) is 49.3 Å². The molecule has 1 aliphatic carbocycles. The summed E-state index contributed by atoms with van der Waals surface area (Å²) in [5.74, 6) is 5.87. The van der Waals surface area contributed by atoms with Crippen molar-refractivity contribution in [2.75, 3.05) is 13.2 Å². The van der Waals surface area contributed by atoms with E-state index in [0.29, 0.717) is 18.0 Å². The van der Waals surface area contributed by atoms with Crippen LogP contribution in [0.5, 0.6) is 0 Å². The zero-order valence-electron chi connectivity index (χ0n) is 12.4. The first-order chi connectivity index (χ1) is 9.30. The van der Waals surface area contributed by atoms with Crippen LogP contribution in [0.3, 0.4) is 0 Å². The van der Waals surface area contributed by atoms with Crippen LogP contribution >= 0.6 is 11.3 Å². The molecule has 0 radical (unpaired) electrons. The van der Waals surface area contributed by atoms with Crippen molar-refractivity contribution >= 4 is 17.2 Å². The number of hydrogen-bond donors (Lipinski definition) is 2. The van der Waals surface area contributed by atoms with E-state index in [4.69, 9.17) is 5.11 Å². The standard InChI is InChI=1S/C16H21NO2S/c1-15(2)13(16(15,3)4)9-17-14(19)11-8-12(20-10-11)6-5-7-18/h8,10,13,18H,7,9H2,1-4H3,(H,17,19). The lowest BCUT2D eigenvalue weighted by molar-refractivity contribution is 0.0950. The summed E-state index contributed by atoms with van der Waals surface area (Å²) in [6.45, 7) is 9.54. The first-order valence-electron chi connectivity index (χ1n) is 6.77. The second-order valence-electron chi connectivity index (χ2n) is 6.37. The van der Waals surface area contributed by atoms with Crippen molar-refractivity contribution in [1.29, 1.82) is 0 Å². The Morgan fingerprint density at radius 1 is 1.40 bits per heavy atom. The van der Waals surface area contributed by atoms with Gasteiger partial charge in [-0.25, -0.2) is 0 Å². The van der Waals surface area contributed by atoms with Crippen molar-refractivity contribution in [2.45, 2.75) is 27.7 Å². The molecule has 4 heteroatoms. The van der Waals surface area contributed by atoms with Crippen LogP contribution < -0.4 is 5.32 Å². The number of carbonyl (C=O) groups is 1. The number of hydrogen-bond acceptors (Lipinski definition) is 3. The first kappa shape index (κ1) is 15.1. The maximum absolute atomic E-state index is 12.1. The molecule has 0 bridgehead atoms. The molecule has 2 N–H and O–H groups in total. The van der Waals surface area contributed by atoms with Crippen molar-refractivity contribution < 1.29 is 9.90 Å². The normalized spacial score (nSPS) is 19.1. The van der Waals surface area contributed by atoms with Gasteiger partial charge in [-0.05, 0) is 22.8 Å². The van der Waals surface area contributed by atoms with Crippen LogP contribution in [0.15, 0.2) is 11.4 Å². The fourth-order valence-corrected chi connectivity index (χ4v) is 3.54. The SMILES string of the molecule is CC1(C)C(CNC(=O)c2csc(C#CCO)c2)C1(C)C. The highest BCUT2D eigenvalue weighted by Crippen LogP contribution is 2.67. The van der Waals surface area contributed by atoms with Gasteiger partial charge in [-0.3, -0.25) is 4.79 Å². The lowest BCUT2D eigenvalue weighted by Crippen LogP contribution is -2.26. The summed E-state index contributed by atoms with van der Waals surface area (Å²) in [7, 11) is 0. The third kappa shape index (κ3) is 2.61. The Morgan fingerprint density at radius 2 is 2.05 bits per heavy atom. The van der Waals surface area contributed by atoms with Gasteiger partial charge in [0.2, 0.25) is 0 Å². The van der Waals surface area contributed by atoms with Gasteiger partial charge in [-0.1, -0.05) is 39.5 Å². The van der Waals surface area contributed by atoms with Gasteiger partial charge in [-0.2, -0.15) is 0 Å². The summed E-state index contributed by atoms with van der Waals surface area (Å²) >= 11 is 1.42. The summed E-state index contributed by atoms with van der Waals surface area (Å²) in [5, 5.41) is 13.5. The number of rotatable bonds is 3. The highest BCUT2D eigenvalue weighted by atomic mass is 32.1. The number of aliphatic hydroxyl groups excluding tert-OH is 1. The maximum Gasteiger partial charge on any atom is 0.252 e. The monoisotopic (exact) mass is 291 g/mol. The van der Waals surface area contributed by atoms with Gasteiger partial charge >= 0.3 is 0 Å². The fraction of sp³-hybridized carbons (Fsp3) is 0.562. The van der Waals surface area contributed by atoms with Crippen LogP contribution in [0, 0.1) is 28.6 Å². The van der Waals surface area contributed by atoms with Crippen molar-refractivity contribution in [1.82, 2.24) is 5.32 Å².